The predicted octanol–water partition coefficient (Wildman–Crippen LogP) is 3.37. The van der Waals surface area contributed by atoms with Gasteiger partial charge in [-0.05, 0) is 18.4 Å². The Kier molecular flexibility index (Phi) is 4.43. The van der Waals surface area contributed by atoms with E-state index >= 15 is 0 Å². The number of benzene rings is 1. The van der Waals surface area contributed by atoms with Gasteiger partial charge in [-0.3, -0.25) is 4.79 Å². The summed E-state index contributed by atoms with van der Waals surface area (Å²) in [6, 6.07) is 9.59. The molecular weight excluding hydrogens is 234 g/mol. The SMILES string of the molecule is O=C(C(Cl)c1ccccc1)N1CCCCCC1. The number of rotatable bonds is 2. The Morgan fingerprint density at radius 2 is 1.65 bits per heavy atom. The Bertz CT molecular complexity index is 358. The number of halogens is 1. The van der Waals surface area contributed by atoms with Crippen LogP contribution in [0.15, 0.2) is 30.3 Å². The zero-order chi connectivity index (χ0) is 12.1. The summed E-state index contributed by atoms with van der Waals surface area (Å²) < 4.78 is 0. The summed E-state index contributed by atoms with van der Waals surface area (Å²) >= 11 is 6.25. The Morgan fingerprint density at radius 3 is 2.24 bits per heavy atom. The number of hydrogen-bond acceptors (Lipinski definition) is 1. The van der Waals surface area contributed by atoms with Gasteiger partial charge >= 0.3 is 0 Å². The molecule has 1 amide bonds. The summed E-state index contributed by atoms with van der Waals surface area (Å²) in [4.78, 5) is 14.2. The van der Waals surface area contributed by atoms with Gasteiger partial charge in [0.2, 0.25) is 5.91 Å². The zero-order valence-electron chi connectivity index (χ0n) is 9.94. The summed E-state index contributed by atoms with van der Waals surface area (Å²) in [6.45, 7) is 1.71. The van der Waals surface area contributed by atoms with Crippen LogP contribution in [0.25, 0.3) is 0 Å². The van der Waals surface area contributed by atoms with E-state index in [1.165, 1.54) is 12.8 Å². The fraction of sp³-hybridized carbons (Fsp3) is 0.500. The molecule has 17 heavy (non-hydrogen) atoms. The molecule has 0 bridgehead atoms. The van der Waals surface area contributed by atoms with Crippen LogP contribution >= 0.6 is 11.6 Å². The van der Waals surface area contributed by atoms with Crippen LogP contribution in [0.2, 0.25) is 0 Å². The van der Waals surface area contributed by atoms with E-state index in [4.69, 9.17) is 11.6 Å². The van der Waals surface area contributed by atoms with Gasteiger partial charge in [-0.25, -0.2) is 0 Å². The number of amides is 1. The second kappa shape index (κ2) is 6.06. The maximum absolute atomic E-state index is 12.2. The Balaban J connectivity index is 2.03. The topological polar surface area (TPSA) is 20.3 Å². The zero-order valence-corrected chi connectivity index (χ0v) is 10.7. The van der Waals surface area contributed by atoms with Crippen molar-refractivity contribution in [3.8, 4) is 0 Å². The van der Waals surface area contributed by atoms with E-state index in [0.717, 1.165) is 31.5 Å². The number of hydrogen-bond donors (Lipinski definition) is 0. The fourth-order valence-corrected chi connectivity index (χ4v) is 2.50. The predicted molar refractivity (Wildman–Crippen MR) is 70.1 cm³/mol. The van der Waals surface area contributed by atoms with Gasteiger partial charge in [0.1, 0.15) is 5.38 Å². The van der Waals surface area contributed by atoms with Gasteiger partial charge in [-0.1, -0.05) is 43.2 Å². The van der Waals surface area contributed by atoms with Crippen molar-refractivity contribution in [2.75, 3.05) is 13.1 Å². The highest BCUT2D eigenvalue weighted by Crippen LogP contribution is 2.24. The molecule has 1 heterocycles. The van der Waals surface area contributed by atoms with Crippen LogP contribution in [0.3, 0.4) is 0 Å². The van der Waals surface area contributed by atoms with Crippen molar-refractivity contribution < 1.29 is 4.79 Å². The van der Waals surface area contributed by atoms with Gasteiger partial charge in [0.15, 0.2) is 0 Å². The molecule has 1 fully saturated rings. The number of nitrogens with zero attached hydrogens (tertiary/aromatic N) is 1. The van der Waals surface area contributed by atoms with Crippen molar-refractivity contribution in [2.24, 2.45) is 0 Å². The molecule has 0 spiro atoms. The van der Waals surface area contributed by atoms with Crippen molar-refractivity contribution in [1.29, 1.82) is 0 Å². The molecule has 1 aliphatic rings. The van der Waals surface area contributed by atoms with Crippen LogP contribution in [-0.2, 0) is 4.79 Å². The third-order valence-electron chi connectivity index (χ3n) is 3.23. The van der Waals surface area contributed by atoms with Crippen LogP contribution in [0, 0.1) is 0 Å². The highest BCUT2D eigenvalue weighted by molar-refractivity contribution is 6.30. The molecule has 1 unspecified atom stereocenters. The fourth-order valence-electron chi connectivity index (χ4n) is 2.22. The van der Waals surface area contributed by atoms with Gasteiger partial charge in [-0.2, -0.15) is 0 Å². The monoisotopic (exact) mass is 251 g/mol. The van der Waals surface area contributed by atoms with Crippen LogP contribution in [-0.4, -0.2) is 23.9 Å². The molecule has 0 aliphatic carbocycles. The van der Waals surface area contributed by atoms with E-state index in [0.29, 0.717) is 0 Å². The van der Waals surface area contributed by atoms with E-state index in [1.54, 1.807) is 0 Å². The molecule has 2 nitrogen and oxygen atoms in total. The quantitative estimate of drug-likeness (QED) is 0.738. The lowest BCUT2D eigenvalue weighted by Gasteiger charge is -2.23. The Labute approximate surface area is 108 Å². The van der Waals surface area contributed by atoms with Gasteiger partial charge < -0.3 is 4.90 Å². The molecule has 2 rings (SSSR count). The van der Waals surface area contributed by atoms with Crippen molar-refractivity contribution in [2.45, 2.75) is 31.1 Å². The molecule has 92 valence electrons. The van der Waals surface area contributed by atoms with Crippen LogP contribution in [0.4, 0.5) is 0 Å². The Hall–Kier alpha value is -1.02. The lowest BCUT2D eigenvalue weighted by Crippen LogP contribution is -2.34. The van der Waals surface area contributed by atoms with Gasteiger partial charge in [-0.15, -0.1) is 11.6 Å². The summed E-state index contributed by atoms with van der Waals surface area (Å²) in [7, 11) is 0. The van der Waals surface area contributed by atoms with Crippen molar-refractivity contribution in [3.63, 3.8) is 0 Å². The molecule has 1 aromatic rings. The average molecular weight is 252 g/mol. The van der Waals surface area contributed by atoms with Crippen LogP contribution < -0.4 is 0 Å². The second-order valence-electron chi connectivity index (χ2n) is 4.51. The maximum Gasteiger partial charge on any atom is 0.245 e. The van der Waals surface area contributed by atoms with E-state index in [1.807, 2.05) is 35.2 Å². The van der Waals surface area contributed by atoms with E-state index in [-0.39, 0.29) is 5.91 Å². The van der Waals surface area contributed by atoms with E-state index in [9.17, 15) is 4.79 Å². The summed E-state index contributed by atoms with van der Waals surface area (Å²) in [5, 5.41) is -0.533. The first-order valence-electron chi connectivity index (χ1n) is 6.27. The first kappa shape index (κ1) is 12.4. The molecular formula is C14H18ClNO. The third kappa shape index (κ3) is 3.22. The third-order valence-corrected chi connectivity index (χ3v) is 3.67. The van der Waals surface area contributed by atoms with Gasteiger partial charge in [0, 0.05) is 13.1 Å². The number of carbonyl (C=O) groups is 1. The Morgan fingerprint density at radius 1 is 1.06 bits per heavy atom. The molecule has 1 saturated heterocycles. The lowest BCUT2D eigenvalue weighted by atomic mass is 10.1. The molecule has 0 radical (unpaired) electrons. The first-order chi connectivity index (χ1) is 8.29. The average Bonchev–Trinajstić information content (AvgIpc) is 2.67. The second-order valence-corrected chi connectivity index (χ2v) is 4.95. The molecule has 1 atom stereocenters. The molecule has 1 aromatic carbocycles. The van der Waals surface area contributed by atoms with E-state index in [2.05, 4.69) is 0 Å². The smallest absolute Gasteiger partial charge is 0.245 e. The minimum Gasteiger partial charge on any atom is -0.341 e. The number of alkyl halides is 1. The highest BCUT2D eigenvalue weighted by atomic mass is 35.5. The van der Waals surface area contributed by atoms with Crippen LogP contribution in [0.1, 0.15) is 36.6 Å². The van der Waals surface area contributed by atoms with Gasteiger partial charge in [0.25, 0.3) is 0 Å². The first-order valence-corrected chi connectivity index (χ1v) is 6.70. The highest BCUT2D eigenvalue weighted by Gasteiger charge is 2.24. The van der Waals surface area contributed by atoms with Crippen molar-refractivity contribution in [3.05, 3.63) is 35.9 Å². The number of carbonyl (C=O) groups excluding carboxylic acids is 1. The minimum absolute atomic E-state index is 0.0553. The standard InChI is InChI=1S/C14H18ClNO/c15-13(12-8-4-3-5-9-12)14(17)16-10-6-1-2-7-11-16/h3-5,8-9,13H,1-2,6-7,10-11H2. The largest absolute Gasteiger partial charge is 0.341 e. The summed E-state index contributed by atoms with van der Waals surface area (Å²) in [5.41, 5.74) is 0.892. The molecule has 1 aliphatic heterocycles. The van der Waals surface area contributed by atoms with E-state index < -0.39 is 5.38 Å². The van der Waals surface area contributed by atoms with Crippen molar-refractivity contribution in [1.82, 2.24) is 4.90 Å². The number of likely N-dealkylation sites (tertiary alicyclic amines) is 1. The summed E-state index contributed by atoms with van der Waals surface area (Å²) in [6.07, 6.45) is 4.65. The normalized spacial score (nSPS) is 18.5. The molecule has 3 heteroatoms. The summed E-state index contributed by atoms with van der Waals surface area (Å²) in [5.74, 6) is 0.0553. The van der Waals surface area contributed by atoms with Crippen molar-refractivity contribution >= 4 is 17.5 Å². The molecule has 0 saturated carbocycles. The lowest BCUT2D eigenvalue weighted by molar-refractivity contribution is -0.130. The molecule has 0 N–H and O–H groups in total. The maximum atomic E-state index is 12.2. The molecule has 0 aromatic heterocycles. The van der Waals surface area contributed by atoms with Gasteiger partial charge in [0.05, 0.1) is 0 Å². The minimum atomic E-state index is -0.533. The van der Waals surface area contributed by atoms with Crippen LogP contribution in [0.5, 0.6) is 0 Å².